The van der Waals surface area contributed by atoms with Crippen molar-refractivity contribution in [1.82, 2.24) is 25.1 Å². The van der Waals surface area contributed by atoms with Crippen LogP contribution in [0.15, 0.2) is 12.4 Å². The average molecular weight is 243 g/mol. The smallest absolute Gasteiger partial charge is 0.162 e. The lowest BCUT2D eigenvalue weighted by atomic mass is 10.0. The van der Waals surface area contributed by atoms with E-state index in [1.807, 2.05) is 19.4 Å². The lowest BCUT2D eigenvalue weighted by Crippen LogP contribution is -2.26. The number of aromatic nitrogens is 4. The highest BCUT2D eigenvalue weighted by atomic mass is 15.2. The van der Waals surface area contributed by atoms with Gasteiger partial charge in [-0.05, 0) is 6.42 Å². The summed E-state index contributed by atoms with van der Waals surface area (Å²) >= 11 is 0. The Labute approximate surface area is 106 Å². The molecule has 0 atom stereocenters. The minimum Gasteiger partial charge on any atom is -0.312 e. The van der Waals surface area contributed by atoms with E-state index in [9.17, 15) is 0 Å². The van der Waals surface area contributed by atoms with Crippen molar-refractivity contribution >= 4 is 0 Å². The first-order chi connectivity index (χ1) is 8.78. The molecule has 94 valence electrons. The first kappa shape index (κ1) is 11.3. The molecule has 18 heavy (non-hydrogen) atoms. The molecule has 0 spiro atoms. The van der Waals surface area contributed by atoms with Gasteiger partial charge in [0.25, 0.3) is 0 Å². The molecule has 3 rings (SSSR count). The summed E-state index contributed by atoms with van der Waals surface area (Å²) in [5.41, 5.74) is 4.63. The zero-order valence-corrected chi connectivity index (χ0v) is 10.8. The minimum absolute atomic E-state index is 0.806. The van der Waals surface area contributed by atoms with Crippen LogP contribution in [0, 0.1) is 0 Å². The van der Waals surface area contributed by atoms with E-state index < -0.39 is 0 Å². The van der Waals surface area contributed by atoms with Gasteiger partial charge in [-0.3, -0.25) is 4.68 Å². The van der Waals surface area contributed by atoms with Crippen molar-refractivity contribution < 1.29 is 0 Å². The number of fused-ring (bicyclic) bond motifs is 1. The van der Waals surface area contributed by atoms with E-state index in [1.165, 1.54) is 11.3 Å². The van der Waals surface area contributed by atoms with Crippen LogP contribution in [-0.4, -0.2) is 26.3 Å². The summed E-state index contributed by atoms with van der Waals surface area (Å²) in [6.45, 7) is 4.04. The molecule has 0 saturated carbocycles. The first-order valence-electron chi connectivity index (χ1n) is 6.36. The molecule has 0 amide bonds. The van der Waals surface area contributed by atoms with Gasteiger partial charge < -0.3 is 5.32 Å². The summed E-state index contributed by atoms with van der Waals surface area (Å²) in [5, 5.41) is 7.57. The predicted octanol–water partition coefficient (Wildman–Crippen LogP) is 1.09. The third-order valence-corrected chi connectivity index (χ3v) is 3.32. The highest BCUT2D eigenvalue weighted by Gasteiger charge is 2.17. The maximum atomic E-state index is 4.70. The molecule has 1 aliphatic rings. The number of hydrogen-bond acceptors (Lipinski definition) is 4. The van der Waals surface area contributed by atoms with Crippen molar-refractivity contribution in [1.29, 1.82) is 0 Å². The summed E-state index contributed by atoms with van der Waals surface area (Å²) in [7, 11) is 1.91. The SMILES string of the molecule is CCc1nc(-c2cnn(C)c2)nc2c1CNCC2. The number of nitrogens with one attached hydrogen (secondary N) is 1. The fraction of sp³-hybridized carbons (Fsp3) is 0.462. The van der Waals surface area contributed by atoms with Gasteiger partial charge in [-0.15, -0.1) is 0 Å². The fourth-order valence-corrected chi connectivity index (χ4v) is 2.37. The van der Waals surface area contributed by atoms with Crippen LogP contribution in [0.2, 0.25) is 0 Å². The first-order valence-corrected chi connectivity index (χ1v) is 6.36. The van der Waals surface area contributed by atoms with Gasteiger partial charge in [0.2, 0.25) is 0 Å². The fourth-order valence-electron chi connectivity index (χ4n) is 2.37. The Bertz CT molecular complexity index is 556. The molecule has 5 heteroatoms. The lowest BCUT2D eigenvalue weighted by molar-refractivity contribution is 0.618. The third kappa shape index (κ3) is 1.90. The quantitative estimate of drug-likeness (QED) is 0.857. The van der Waals surface area contributed by atoms with Crippen molar-refractivity contribution in [3.63, 3.8) is 0 Å². The average Bonchev–Trinajstić information content (AvgIpc) is 2.84. The van der Waals surface area contributed by atoms with Crippen LogP contribution in [0.4, 0.5) is 0 Å². The highest BCUT2D eigenvalue weighted by Crippen LogP contribution is 2.21. The largest absolute Gasteiger partial charge is 0.312 e. The second kappa shape index (κ2) is 4.49. The van der Waals surface area contributed by atoms with Crippen LogP contribution in [-0.2, 0) is 26.4 Å². The normalized spacial score (nSPS) is 14.6. The molecule has 1 aliphatic heterocycles. The van der Waals surface area contributed by atoms with Gasteiger partial charge >= 0.3 is 0 Å². The monoisotopic (exact) mass is 243 g/mol. The van der Waals surface area contributed by atoms with Crippen LogP contribution in [0.1, 0.15) is 23.9 Å². The summed E-state index contributed by atoms with van der Waals surface area (Å²) in [6.07, 6.45) is 5.71. The van der Waals surface area contributed by atoms with Crippen molar-refractivity contribution in [2.45, 2.75) is 26.3 Å². The third-order valence-electron chi connectivity index (χ3n) is 3.32. The van der Waals surface area contributed by atoms with Crippen molar-refractivity contribution in [2.75, 3.05) is 6.54 Å². The van der Waals surface area contributed by atoms with Gasteiger partial charge in [-0.2, -0.15) is 5.10 Å². The maximum Gasteiger partial charge on any atom is 0.162 e. The zero-order chi connectivity index (χ0) is 12.5. The van der Waals surface area contributed by atoms with Crippen molar-refractivity contribution in [2.24, 2.45) is 7.05 Å². The summed E-state index contributed by atoms with van der Waals surface area (Å²) in [4.78, 5) is 9.38. The number of aryl methyl sites for hydroxylation is 2. The van der Waals surface area contributed by atoms with Crippen molar-refractivity contribution in [3.05, 3.63) is 29.3 Å². The molecule has 0 saturated heterocycles. The lowest BCUT2D eigenvalue weighted by Gasteiger charge is -2.19. The van der Waals surface area contributed by atoms with Gasteiger partial charge in [0.05, 0.1) is 17.5 Å². The zero-order valence-electron chi connectivity index (χ0n) is 10.8. The van der Waals surface area contributed by atoms with E-state index >= 15 is 0 Å². The van der Waals surface area contributed by atoms with Crippen LogP contribution in [0.3, 0.4) is 0 Å². The number of nitrogens with zero attached hydrogens (tertiary/aromatic N) is 4. The van der Waals surface area contributed by atoms with Gasteiger partial charge in [0, 0.05) is 44.0 Å². The number of rotatable bonds is 2. The van der Waals surface area contributed by atoms with E-state index in [1.54, 1.807) is 4.68 Å². The van der Waals surface area contributed by atoms with Gasteiger partial charge in [0.1, 0.15) is 0 Å². The second-order valence-corrected chi connectivity index (χ2v) is 4.60. The minimum atomic E-state index is 0.806. The molecule has 3 heterocycles. The van der Waals surface area contributed by atoms with Crippen LogP contribution < -0.4 is 5.32 Å². The van der Waals surface area contributed by atoms with Gasteiger partial charge in [-0.1, -0.05) is 6.92 Å². The van der Waals surface area contributed by atoms with Gasteiger partial charge in [-0.25, -0.2) is 9.97 Å². The number of hydrogen-bond donors (Lipinski definition) is 1. The highest BCUT2D eigenvalue weighted by molar-refractivity contribution is 5.53. The second-order valence-electron chi connectivity index (χ2n) is 4.60. The Hall–Kier alpha value is -1.75. The van der Waals surface area contributed by atoms with Crippen LogP contribution in [0.25, 0.3) is 11.4 Å². The Balaban J connectivity index is 2.11. The topological polar surface area (TPSA) is 55.6 Å². The van der Waals surface area contributed by atoms with E-state index in [0.29, 0.717) is 0 Å². The maximum absolute atomic E-state index is 4.70. The Morgan fingerprint density at radius 2 is 2.28 bits per heavy atom. The van der Waals surface area contributed by atoms with E-state index in [0.717, 1.165) is 43.0 Å². The molecular weight excluding hydrogens is 226 g/mol. The molecule has 0 aliphatic carbocycles. The standard InChI is InChI=1S/C13H17N5/c1-3-11-10-7-14-5-4-12(10)17-13(16-11)9-6-15-18(2)8-9/h6,8,14H,3-5,7H2,1-2H3. The molecule has 2 aromatic heterocycles. The van der Waals surface area contributed by atoms with E-state index in [4.69, 9.17) is 4.98 Å². The Morgan fingerprint density at radius 3 is 3.00 bits per heavy atom. The molecule has 0 fully saturated rings. The van der Waals surface area contributed by atoms with E-state index in [-0.39, 0.29) is 0 Å². The Kier molecular flexibility index (Phi) is 2.83. The summed E-state index contributed by atoms with van der Waals surface area (Å²) in [6, 6.07) is 0. The van der Waals surface area contributed by atoms with Crippen LogP contribution in [0.5, 0.6) is 0 Å². The van der Waals surface area contributed by atoms with Crippen LogP contribution >= 0.6 is 0 Å². The van der Waals surface area contributed by atoms with E-state index in [2.05, 4.69) is 22.3 Å². The molecule has 0 bridgehead atoms. The molecule has 0 radical (unpaired) electrons. The Morgan fingerprint density at radius 1 is 1.39 bits per heavy atom. The molecule has 0 unspecified atom stereocenters. The molecule has 5 nitrogen and oxygen atoms in total. The van der Waals surface area contributed by atoms with Gasteiger partial charge in [0.15, 0.2) is 5.82 Å². The molecule has 0 aromatic carbocycles. The summed E-state index contributed by atoms with van der Waals surface area (Å²) < 4.78 is 1.78. The molecular formula is C13H17N5. The molecule has 1 N–H and O–H groups in total. The predicted molar refractivity (Wildman–Crippen MR) is 69.0 cm³/mol. The molecule has 2 aromatic rings. The van der Waals surface area contributed by atoms with Crippen molar-refractivity contribution in [3.8, 4) is 11.4 Å². The summed E-state index contributed by atoms with van der Waals surface area (Å²) in [5.74, 6) is 0.806.